The number of aliphatic carboxylic acids is 2. The maximum atomic E-state index is 11.8. The minimum atomic E-state index is -1.44. The summed E-state index contributed by atoms with van der Waals surface area (Å²) in [6.45, 7) is 2.24. The minimum Gasteiger partial charge on any atom is -0.548 e. The van der Waals surface area contributed by atoms with Gasteiger partial charge in [-0.15, -0.1) is 0 Å². The Balaban J connectivity index is 0. The van der Waals surface area contributed by atoms with Crippen molar-refractivity contribution in [3.63, 3.8) is 0 Å². The van der Waals surface area contributed by atoms with Crippen molar-refractivity contribution in [3.8, 4) is 0 Å². The van der Waals surface area contributed by atoms with Crippen LogP contribution in [0.1, 0.15) is 110 Å². The fraction of sp³-hybridized carbons (Fsp3) is 0.783. The maximum absolute atomic E-state index is 11.8. The van der Waals surface area contributed by atoms with Crippen LogP contribution in [0.4, 0.5) is 0 Å². The van der Waals surface area contributed by atoms with E-state index in [9.17, 15) is 19.5 Å². The predicted molar refractivity (Wildman–Crippen MR) is 113 cm³/mol. The van der Waals surface area contributed by atoms with Gasteiger partial charge >= 0.3 is 35.5 Å². The number of allylic oxidation sites excluding steroid dienone is 2. The van der Waals surface area contributed by atoms with Crippen LogP contribution >= 0.6 is 0 Å². The number of unbranched alkanes of at least 4 members (excludes halogenated alkanes) is 11. The minimum absolute atomic E-state index is 0. The van der Waals surface area contributed by atoms with Crippen molar-refractivity contribution in [2.75, 3.05) is 0 Å². The van der Waals surface area contributed by atoms with E-state index in [0.717, 1.165) is 32.1 Å². The molecule has 0 bridgehead atoms. The quantitative estimate of drug-likeness (QED) is 0.170. The van der Waals surface area contributed by atoms with E-state index in [2.05, 4.69) is 24.4 Å². The fourth-order valence-electron chi connectivity index (χ4n) is 3.14. The van der Waals surface area contributed by atoms with Crippen molar-refractivity contribution in [2.24, 2.45) is 0 Å². The van der Waals surface area contributed by atoms with Crippen LogP contribution < -0.4 is 40.0 Å². The summed E-state index contributed by atoms with van der Waals surface area (Å²) >= 11 is 0. The Morgan fingerprint density at radius 1 is 0.833 bits per heavy atom. The topological polar surface area (TPSA) is 107 Å². The van der Waals surface area contributed by atoms with Crippen molar-refractivity contribution >= 4 is 17.8 Å². The summed E-state index contributed by atoms with van der Waals surface area (Å²) in [5, 5.41) is 21.9. The first-order chi connectivity index (χ1) is 14.0. The van der Waals surface area contributed by atoms with Gasteiger partial charge in [0, 0.05) is 12.8 Å². The van der Waals surface area contributed by atoms with Crippen LogP contribution in [-0.2, 0) is 14.4 Å². The third-order valence-electron chi connectivity index (χ3n) is 4.93. The summed E-state index contributed by atoms with van der Waals surface area (Å²) in [5.74, 6) is -2.89. The predicted octanol–water partition coefficient (Wildman–Crippen LogP) is 1.13. The molecule has 0 aromatic heterocycles. The molecule has 0 heterocycles. The molecule has 0 fully saturated rings. The number of amides is 1. The van der Waals surface area contributed by atoms with E-state index in [0.29, 0.717) is 6.42 Å². The molecule has 0 saturated carbocycles. The maximum Gasteiger partial charge on any atom is 1.00 e. The van der Waals surface area contributed by atoms with Crippen LogP contribution in [-0.4, -0.2) is 29.0 Å². The molecule has 0 radical (unpaired) electrons. The van der Waals surface area contributed by atoms with Gasteiger partial charge < -0.3 is 20.3 Å². The average molecular weight is 434 g/mol. The molecule has 0 saturated heterocycles. The van der Waals surface area contributed by atoms with Crippen LogP contribution in [0.15, 0.2) is 12.2 Å². The number of nitrogens with one attached hydrogen (secondary N) is 1. The van der Waals surface area contributed by atoms with E-state index in [1.165, 1.54) is 44.9 Å². The Bertz CT molecular complexity index is 482. The van der Waals surface area contributed by atoms with Gasteiger partial charge in [0.15, 0.2) is 0 Å². The number of carboxylic acid groups (broad SMARTS) is 2. The molecule has 0 rings (SSSR count). The Labute approximate surface area is 204 Å². The number of carboxylic acids is 2. The van der Waals surface area contributed by atoms with E-state index in [1.54, 1.807) is 0 Å². The molecule has 6 nitrogen and oxygen atoms in total. The van der Waals surface area contributed by atoms with Crippen LogP contribution in [0.25, 0.3) is 0 Å². The van der Waals surface area contributed by atoms with Gasteiger partial charge in [-0.3, -0.25) is 9.59 Å². The summed E-state index contributed by atoms with van der Waals surface area (Å²) < 4.78 is 0. The first-order valence-corrected chi connectivity index (χ1v) is 11.3. The van der Waals surface area contributed by atoms with Gasteiger partial charge in [-0.2, -0.15) is 0 Å². The molecule has 0 unspecified atom stereocenters. The number of carbonyl (C=O) groups excluding carboxylic acids is 2. The zero-order valence-electron chi connectivity index (χ0n) is 19.1. The average Bonchev–Trinajstić information content (AvgIpc) is 2.67. The second-order valence-electron chi connectivity index (χ2n) is 7.71. The molecule has 0 aliphatic heterocycles. The van der Waals surface area contributed by atoms with Crippen LogP contribution in [0, 0.1) is 0 Å². The van der Waals surface area contributed by atoms with Crippen LogP contribution in [0.2, 0.25) is 0 Å². The van der Waals surface area contributed by atoms with Gasteiger partial charge in [0.1, 0.15) is 0 Å². The van der Waals surface area contributed by atoms with E-state index in [1.807, 2.05) is 0 Å². The standard InChI is InChI=1S/C23H41NO5.Na/c1-2-3-4-5-6-7-8-9-10-11-12-13-14-15-16-17-21(25)24-20(23(28)29)18-19-22(26)27;/h9-10,20H,2-8,11-19H2,1H3,(H,24,25)(H,26,27)(H,28,29);/q;+1/p-1/t20-;/m0./s1. The molecule has 0 aromatic rings. The summed E-state index contributed by atoms with van der Waals surface area (Å²) in [4.78, 5) is 33.2. The van der Waals surface area contributed by atoms with Gasteiger partial charge in [-0.25, -0.2) is 0 Å². The molecule has 7 heteroatoms. The third kappa shape index (κ3) is 21.8. The molecule has 0 aromatic carbocycles. The van der Waals surface area contributed by atoms with E-state index < -0.39 is 18.0 Å². The van der Waals surface area contributed by atoms with E-state index >= 15 is 0 Å². The number of hydrogen-bond donors (Lipinski definition) is 2. The molecule has 168 valence electrons. The smallest absolute Gasteiger partial charge is 0.548 e. The van der Waals surface area contributed by atoms with Gasteiger partial charge in [0.2, 0.25) is 5.91 Å². The SMILES string of the molecule is CCCCCCCCC=CCCCCCCCC(=O)N[C@@H](CCC(=O)O)C(=O)[O-].[Na+]. The van der Waals surface area contributed by atoms with Crippen molar-refractivity contribution in [3.05, 3.63) is 12.2 Å². The van der Waals surface area contributed by atoms with E-state index in [-0.39, 0.29) is 54.7 Å². The zero-order chi connectivity index (χ0) is 21.7. The van der Waals surface area contributed by atoms with Crippen molar-refractivity contribution in [1.29, 1.82) is 0 Å². The first-order valence-electron chi connectivity index (χ1n) is 11.3. The van der Waals surface area contributed by atoms with Crippen molar-refractivity contribution in [2.45, 2.75) is 116 Å². The van der Waals surface area contributed by atoms with Gasteiger partial charge in [-0.05, 0) is 38.5 Å². The second kappa shape index (κ2) is 22.8. The third-order valence-corrected chi connectivity index (χ3v) is 4.93. The molecular weight excluding hydrogens is 393 g/mol. The monoisotopic (exact) mass is 433 g/mol. The summed E-state index contributed by atoms with van der Waals surface area (Å²) in [7, 11) is 0. The van der Waals surface area contributed by atoms with E-state index in [4.69, 9.17) is 5.11 Å². The fourth-order valence-corrected chi connectivity index (χ4v) is 3.14. The van der Waals surface area contributed by atoms with Gasteiger partial charge in [-0.1, -0.05) is 70.4 Å². The normalized spacial score (nSPS) is 11.8. The largest absolute Gasteiger partial charge is 1.00 e. The molecule has 1 amide bonds. The van der Waals surface area contributed by atoms with Crippen LogP contribution in [0.5, 0.6) is 0 Å². The number of hydrogen-bond acceptors (Lipinski definition) is 4. The number of rotatable bonds is 20. The van der Waals surface area contributed by atoms with Crippen molar-refractivity contribution in [1.82, 2.24) is 5.32 Å². The Hall–Kier alpha value is -0.850. The first kappa shape index (κ1) is 31.3. The van der Waals surface area contributed by atoms with Gasteiger partial charge in [0.05, 0.1) is 12.0 Å². The van der Waals surface area contributed by atoms with Gasteiger partial charge in [0.25, 0.3) is 0 Å². The Morgan fingerprint density at radius 2 is 1.33 bits per heavy atom. The summed E-state index contributed by atoms with van der Waals surface area (Å²) in [6, 6.07) is -1.23. The molecule has 2 N–H and O–H groups in total. The molecule has 1 atom stereocenters. The van der Waals surface area contributed by atoms with Crippen LogP contribution in [0.3, 0.4) is 0 Å². The second-order valence-corrected chi connectivity index (χ2v) is 7.71. The summed E-state index contributed by atoms with van der Waals surface area (Å²) in [5.41, 5.74) is 0. The van der Waals surface area contributed by atoms with Crippen molar-refractivity contribution < 1.29 is 54.2 Å². The number of carbonyl (C=O) groups is 3. The Morgan fingerprint density at radius 3 is 1.83 bits per heavy atom. The molecule has 0 aliphatic carbocycles. The molecule has 30 heavy (non-hydrogen) atoms. The summed E-state index contributed by atoms with van der Waals surface area (Å²) in [6.07, 6.45) is 19.6. The molecule has 0 aliphatic rings. The molecular formula is C23H40NNaO5. The Kier molecular flexibility index (Phi) is 23.8. The molecule has 0 spiro atoms. The zero-order valence-corrected chi connectivity index (χ0v) is 21.1.